The Kier molecular flexibility index (Phi) is 2.75. The van der Waals surface area contributed by atoms with Crippen LogP contribution in [0.4, 0.5) is 14.6 Å². The van der Waals surface area contributed by atoms with Crippen LogP contribution in [0.15, 0.2) is 10.9 Å². The number of nitro groups is 1. The Morgan fingerprint density at radius 2 is 2.20 bits per heavy atom. The molecule has 0 fully saturated rings. The molecular formula is C7H3F2N3O3. The quantitative estimate of drug-likeness (QED) is 0.589. The first-order chi connectivity index (χ1) is 6.97. The standard InChI is InChI=1S/C7H3F2N3O3/c8-6(9)3-1-5(13)11-7(12(14)15)4(3)2-10/h1,6H,(H,11,13). The molecule has 0 saturated heterocycles. The number of rotatable bonds is 2. The fraction of sp³-hybridized carbons (Fsp3) is 0.143. The molecule has 1 N–H and O–H groups in total. The van der Waals surface area contributed by atoms with Crippen molar-refractivity contribution >= 4 is 5.82 Å². The molecule has 0 saturated carbocycles. The van der Waals surface area contributed by atoms with Crippen LogP contribution in [0.1, 0.15) is 17.6 Å². The molecule has 0 amide bonds. The van der Waals surface area contributed by atoms with Gasteiger partial charge in [-0.2, -0.15) is 5.26 Å². The van der Waals surface area contributed by atoms with Gasteiger partial charge in [0.25, 0.3) is 6.43 Å². The zero-order valence-electron chi connectivity index (χ0n) is 7.03. The van der Waals surface area contributed by atoms with Crippen molar-refractivity contribution < 1.29 is 13.7 Å². The van der Waals surface area contributed by atoms with E-state index in [1.165, 1.54) is 6.07 Å². The summed E-state index contributed by atoms with van der Waals surface area (Å²) in [6.45, 7) is 0. The Morgan fingerprint density at radius 1 is 1.60 bits per heavy atom. The highest BCUT2D eigenvalue weighted by Gasteiger charge is 2.23. The Balaban J connectivity index is 3.62. The van der Waals surface area contributed by atoms with Gasteiger partial charge in [0.2, 0.25) is 0 Å². The summed E-state index contributed by atoms with van der Waals surface area (Å²) < 4.78 is 24.6. The number of halogens is 2. The zero-order valence-corrected chi connectivity index (χ0v) is 7.03. The second-order valence-corrected chi connectivity index (χ2v) is 2.48. The highest BCUT2D eigenvalue weighted by atomic mass is 19.3. The first-order valence-corrected chi connectivity index (χ1v) is 3.57. The van der Waals surface area contributed by atoms with Crippen LogP contribution >= 0.6 is 0 Å². The van der Waals surface area contributed by atoms with Gasteiger partial charge in [-0.15, -0.1) is 0 Å². The van der Waals surface area contributed by atoms with Crippen LogP contribution in [-0.2, 0) is 0 Å². The Labute approximate surface area is 80.9 Å². The number of nitriles is 1. The third kappa shape index (κ3) is 1.96. The molecule has 6 nitrogen and oxygen atoms in total. The lowest BCUT2D eigenvalue weighted by molar-refractivity contribution is -0.390. The number of aromatic amines is 1. The molecule has 0 radical (unpaired) electrons. The maximum Gasteiger partial charge on any atom is 0.342 e. The summed E-state index contributed by atoms with van der Waals surface area (Å²) in [6, 6.07) is 1.73. The Hall–Kier alpha value is -2.30. The molecule has 0 aliphatic heterocycles. The predicted molar refractivity (Wildman–Crippen MR) is 43.4 cm³/mol. The highest BCUT2D eigenvalue weighted by Crippen LogP contribution is 2.25. The van der Waals surface area contributed by atoms with Crippen molar-refractivity contribution in [3.8, 4) is 6.07 Å². The van der Waals surface area contributed by atoms with Crippen LogP contribution in [0, 0.1) is 21.4 Å². The van der Waals surface area contributed by atoms with Crippen molar-refractivity contribution in [2.24, 2.45) is 0 Å². The van der Waals surface area contributed by atoms with Crippen LogP contribution in [-0.4, -0.2) is 9.91 Å². The summed E-state index contributed by atoms with van der Waals surface area (Å²) in [6.07, 6.45) is -3.11. The van der Waals surface area contributed by atoms with Gasteiger partial charge in [0.05, 0.1) is 5.56 Å². The van der Waals surface area contributed by atoms with Crippen LogP contribution < -0.4 is 5.56 Å². The van der Waals surface area contributed by atoms with Gasteiger partial charge in [0.1, 0.15) is 6.07 Å². The molecule has 15 heavy (non-hydrogen) atoms. The number of nitrogens with one attached hydrogen (secondary N) is 1. The molecule has 78 valence electrons. The van der Waals surface area contributed by atoms with E-state index >= 15 is 0 Å². The number of H-pyrrole nitrogens is 1. The summed E-state index contributed by atoms with van der Waals surface area (Å²) >= 11 is 0. The number of nitrogens with zero attached hydrogens (tertiary/aromatic N) is 2. The van der Waals surface area contributed by atoms with Gasteiger partial charge in [-0.3, -0.25) is 0 Å². The molecule has 1 aromatic rings. The first kappa shape index (κ1) is 10.8. The molecule has 0 unspecified atom stereocenters. The fourth-order valence-corrected chi connectivity index (χ4v) is 0.992. The third-order valence-corrected chi connectivity index (χ3v) is 1.58. The lowest BCUT2D eigenvalue weighted by Crippen LogP contribution is -2.12. The van der Waals surface area contributed by atoms with E-state index in [0.717, 1.165) is 0 Å². The van der Waals surface area contributed by atoms with E-state index in [1.54, 1.807) is 4.98 Å². The molecule has 0 aliphatic carbocycles. The number of pyridine rings is 1. The van der Waals surface area contributed by atoms with Gasteiger partial charge in [-0.25, -0.2) is 18.6 Å². The van der Waals surface area contributed by atoms with Crippen molar-refractivity contribution in [2.75, 3.05) is 0 Å². The zero-order chi connectivity index (χ0) is 11.6. The summed E-state index contributed by atoms with van der Waals surface area (Å²) in [5, 5.41) is 18.8. The molecule has 0 aliphatic rings. The van der Waals surface area contributed by atoms with Gasteiger partial charge in [0.15, 0.2) is 5.56 Å². The molecule has 0 aromatic carbocycles. The molecule has 1 heterocycles. The maximum atomic E-state index is 12.3. The first-order valence-electron chi connectivity index (χ1n) is 3.57. The van der Waals surface area contributed by atoms with Gasteiger partial charge in [-0.05, 0) is 4.92 Å². The van der Waals surface area contributed by atoms with E-state index < -0.39 is 33.9 Å². The monoisotopic (exact) mass is 215 g/mol. The minimum absolute atomic E-state index is 0.468. The van der Waals surface area contributed by atoms with Gasteiger partial charge in [-0.1, -0.05) is 0 Å². The van der Waals surface area contributed by atoms with E-state index in [1.807, 2.05) is 0 Å². The molecule has 0 bridgehead atoms. The summed E-state index contributed by atoms with van der Waals surface area (Å²) in [5.74, 6) is -1.01. The highest BCUT2D eigenvalue weighted by molar-refractivity contribution is 5.48. The average Bonchev–Trinajstić information content (AvgIpc) is 2.16. The SMILES string of the molecule is N#Cc1c(C(F)F)cc(=O)[nH]c1[N+](=O)[O-]. The second-order valence-electron chi connectivity index (χ2n) is 2.48. The maximum absolute atomic E-state index is 12.3. The summed E-state index contributed by atoms with van der Waals surface area (Å²) in [4.78, 5) is 21.8. The van der Waals surface area contributed by atoms with E-state index in [4.69, 9.17) is 5.26 Å². The topological polar surface area (TPSA) is 99.8 Å². The smallest absolute Gasteiger partial charge is 0.342 e. The van der Waals surface area contributed by atoms with Gasteiger partial charge in [0, 0.05) is 6.07 Å². The average molecular weight is 215 g/mol. The molecule has 0 spiro atoms. The van der Waals surface area contributed by atoms with Crippen LogP contribution in [0.2, 0.25) is 0 Å². The Bertz CT molecular complexity index is 503. The predicted octanol–water partition coefficient (Wildman–Crippen LogP) is 1.09. The Morgan fingerprint density at radius 3 is 2.60 bits per heavy atom. The number of aromatic nitrogens is 1. The van der Waals surface area contributed by atoms with E-state index in [9.17, 15) is 23.7 Å². The van der Waals surface area contributed by atoms with Crippen molar-refractivity contribution in [3.63, 3.8) is 0 Å². The summed E-state index contributed by atoms with van der Waals surface area (Å²) in [5.41, 5.74) is -2.81. The van der Waals surface area contributed by atoms with Crippen molar-refractivity contribution in [1.82, 2.24) is 4.98 Å². The van der Waals surface area contributed by atoms with E-state index in [2.05, 4.69) is 0 Å². The minimum Gasteiger partial charge on any atom is -0.358 e. The van der Waals surface area contributed by atoms with E-state index in [-0.39, 0.29) is 0 Å². The summed E-state index contributed by atoms with van der Waals surface area (Å²) in [7, 11) is 0. The molecule has 1 rings (SSSR count). The van der Waals surface area contributed by atoms with Crippen LogP contribution in [0.3, 0.4) is 0 Å². The fourth-order valence-electron chi connectivity index (χ4n) is 0.992. The van der Waals surface area contributed by atoms with Gasteiger partial charge < -0.3 is 10.1 Å². The lowest BCUT2D eigenvalue weighted by atomic mass is 10.1. The largest absolute Gasteiger partial charge is 0.358 e. The van der Waals surface area contributed by atoms with Crippen molar-refractivity contribution in [3.05, 3.63) is 37.7 Å². The van der Waals surface area contributed by atoms with E-state index in [0.29, 0.717) is 6.07 Å². The lowest BCUT2D eigenvalue weighted by Gasteiger charge is -2.02. The van der Waals surface area contributed by atoms with Crippen molar-refractivity contribution in [2.45, 2.75) is 6.43 Å². The number of alkyl halides is 2. The number of hydrogen-bond acceptors (Lipinski definition) is 4. The second kappa shape index (κ2) is 3.83. The van der Waals surface area contributed by atoms with Gasteiger partial charge >= 0.3 is 11.4 Å². The number of hydrogen-bond donors (Lipinski definition) is 1. The molecule has 1 aromatic heterocycles. The molecule has 0 atom stereocenters. The van der Waals surface area contributed by atoms with Crippen LogP contribution in [0.25, 0.3) is 0 Å². The molecule has 8 heteroatoms. The van der Waals surface area contributed by atoms with Crippen molar-refractivity contribution in [1.29, 1.82) is 5.26 Å². The molecular weight excluding hydrogens is 212 g/mol. The van der Waals surface area contributed by atoms with Crippen LogP contribution in [0.5, 0.6) is 0 Å². The third-order valence-electron chi connectivity index (χ3n) is 1.58. The normalized spacial score (nSPS) is 10.0. The minimum atomic E-state index is -3.11.